The predicted octanol–water partition coefficient (Wildman–Crippen LogP) is 3.67. The van der Waals surface area contributed by atoms with Gasteiger partial charge in [-0.1, -0.05) is 11.2 Å². The van der Waals surface area contributed by atoms with Crippen molar-refractivity contribution in [1.82, 2.24) is 10.1 Å². The van der Waals surface area contributed by atoms with Gasteiger partial charge in [-0.05, 0) is 57.2 Å². The zero-order valence-electron chi connectivity index (χ0n) is 15.7. The van der Waals surface area contributed by atoms with Crippen molar-refractivity contribution < 1.29 is 18.8 Å². The molecule has 8 nitrogen and oxygen atoms in total. The van der Waals surface area contributed by atoms with Crippen LogP contribution in [0.3, 0.4) is 0 Å². The van der Waals surface area contributed by atoms with Crippen LogP contribution in [0.1, 0.15) is 40.6 Å². The molecule has 1 aromatic carbocycles. The summed E-state index contributed by atoms with van der Waals surface area (Å²) < 4.78 is 10.5. The lowest BCUT2D eigenvalue weighted by molar-refractivity contribution is 0.101. The summed E-state index contributed by atoms with van der Waals surface area (Å²) in [4.78, 5) is 28.9. The zero-order chi connectivity index (χ0) is 20.1. The van der Waals surface area contributed by atoms with Crippen molar-refractivity contribution in [2.75, 3.05) is 10.6 Å². The monoisotopic (exact) mass is 380 g/mol. The van der Waals surface area contributed by atoms with Crippen LogP contribution in [0.5, 0.6) is 5.75 Å². The van der Waals surface area contributed by atoms with E-state index < -0.39 is 11.8 Å². The van der Waals surface area contributed by atoms with Gasteiger partial charge in [0, 0.05) is 11.8 Å². The molecule has 2 amide bonds. The van der Waals surface area contributed by atoms with Crippen LogP contribution in [0, 0.1) is 6.92 Å². The number of ether oxygens (including phenoxy) is 1. The van der Waals surface area contributed by atoms with Gasteiger partial charge in [0.2, 0.25) is 0 Å². The van der Waals surface area contributed by atoms with Gasteiger partial charge >= 0.3 is 0 Å². The summed E-state index contributed by atoms with van der Waals surface area (Å²) in [5, 5.41) is 9.00. The number of nitrogens with one attached hydrogen (secondary N) is 2. The highest BCUT2D eigenvalue weighted by molar-refractivity contribution is 6.05. The molecule has 0 saturated heterocycles. The first-order valence-corrected chi connectivity index (χ1v) is 8.70. The first-order valence-electron chi connectivity index (χ1n) is 8.70. The molecule has 0 atom stereocenters. The molecule has 0 aliphatic carbocycles. The largest absolute Gasteiger partial charge is 0.491 e. The van der Waals surface area contributed by atoms with Gasteiger partial charge in [-0.25, -0.2) is 4.98 Å². The summed E-state index contributed by atoms with van der Waals surface area (Å²) in [6.45, 7) is 5.59. The lowest BCUT2D eigenvalue weighted by atomic mass is 10.2. The van der Waals surface area contributed by atoms with Crippen LogP contribution in [0.4, 0.5) is 11.5 Å². The molecular formula is C20H20N4O4. The molecule has 0 aliphatic heterocycles. The van der Waals surface area contributed by atoms with Crippen LogP contribution in [-0.4, -0.2) is 28.1 Å². The van der Waals surface area contributed by atoms with Crippen molar-refractivity contribution in [3.8, 4) is 5.75 Å². The molecule has 2 aromatic heterocycles. The van der Waals surface area contributed by atoms with E-state index in [9.17, 15) is 9.59 Å². The second kappa shape index (κ2) is 8.34. The Morgan fingerprint density at radius 1 is 1.00 bits per heavy atom. The molecular weight excluding hydrogens is 360 g/mol. The van der Waals surface area contributed by atoms with E-state index in [1.807, 2.05) is 13.8 Å². The molecule has 2 heterocycles. The molecule has 3 rings (SSSR count). The number of benzene rings is 1. The maximum atomic E-state index is 12.4. The summed E-state index contributed by atoms with van der Waals surface area (Å²) in [6.07, 6.45) is 0.0692. The number of hydrogen-bond donors (Lipinski definition) is 2. The molecule has 0 fully saturated rings. The van der Waals surface area contributed by atoms with Crippen molar-refractivity contribution in [2.45, 2.75) is 26.9 Å². The predicted molar refractivity (Wildman–Crippen MR) is 104 cm³/mol. The molecule has 0 bridgehead atoms. The summed E-state index contributed by atoms with van der Waals surface area (Å²) in [5.74, 6) is 0.652. The SMILES string of the molecule is Cc1cc(NC(=O)c2cccc(C(=O)Nc3ccc(OC(C)C)cc3)n2)no1. The molecule has 0 radical (unpaired) electrons. The van der Waals surface area contributed by atoms with Gasteiger partial charge in [-0.3, -0.25) is 9.59 Å². The Hall–Kier alpha value is -3.68. The topological polar surface area (TPSA) is 106 Å². The number of rotatable bonds is 6. The first kappa shape index (κ1) is 19.1. The Morgan fingerprint density at radius 3 is 2.21 bits per heavy atom. The van der Waals surface area contributed by atoms with Crippen molar-refractivity contribution in [2.24, 2.45) is 0 Å². The lowest BCUT2D eigenvalue weighted by Crippen LogP contribution is -2.18. The van der Waals surface area contributed by atoms with Gasteiger partial charge in [0.25, 0.3) is 11.8 Å². The first-order chi connectivity index (χ1) is 13.4. The van der Waals surface area contributed by atoms with E-state index in [1.165, 1.54) is 12.1 Å². The Balaban J connectivity index is 1.67. The molecule has 144 valence electrons. The third kappa shape index (κ3) is 4.94. The summed E-state index contributed by atoms with van der Waals surface area (Å²) >= 11 is 0. The fraction of sp³-hybridized carbons (Fsp3) is 0.200. The smallest absolute Gasteiger partial charge is 0.275 e. The van der Waals surface area contributed by atoms with Gasteiger partial charge in [0.15, 0.2) is 5.82 Å². The highest BCUT2D eigenvalue weighted by Gasteiger charge is 2.14. The maximum Gasteiger partial charge on any atom is 0.275 e. The van der Waals surface area contributed by atoms with Crippen LogP contribution in [0.15, 0.2) is 53.1 Å². The van der Waals surface area contributed by atoms with Crippen LogP contribution in [-0.2, 0) is 0 Å². The number of aryl methyl sites for hydroxylation is 1. The molecule has 0 aliphatic rings. The van der Waals surface area contributed by atoms with E-state index in [-0.39, 0.29) is 23.3 Å². The van der Waals surface area contributed by atoms with Crippen LogP contribution < -0.4 is 15.4 Å². The fourth-order valence-corrected chi connectivity index (χ4v) is 2.38. The minimum Gasteiger partial charge on any atom is -0.491 e. The highest BCUT2D eigenvalue weighted by Crippen LogP contribution is 2.17. The van der Waals surface area contributed by atoms with E-state index in [0.717, 1.165) is 0 Å². The van der Waals surface area contributed by atoms with Gasteiger partial charge in [-0.15, -0.1) is 0 Å². The number of aromatic nitrogens is 2. The second-order valence-electron chi connectivity index (χ2n) is 6.33. The summed E-state index contributed by atoms with van der Waals surface area (Å²) in [5.41, 5.74) is 0.802. The number of carbonyl (C=O) groups excluding carboxylic acids is 2. The molecule has 8 heteroatoms. The Morgan fingerprint density at radius 2 is 1.64 bits per heavy atom. The van der Waals surface area contributed by atoms with Gasteiger partial charge in [0.05, 0.1) is 6.10 Å². The molecule has 0 spiro atoms. The Labute approximate surface area is 161 Å². The lowest BCUT2D eigenvalue weighted by Gasteiger charge is -2.10. The normalized spacial score (nSPS) is 10.6. The van der Waals surface area contributed by atoms with E-state index in [2.05, 4.69) is 20.8 Å². The standard InChI is InChI=1S/C20H20N4O4/c1-12(2)27-15-9-7-14(8-10-15)21-19(25)16-5-4-6-17(22-16)20(26)23-18-11-13(3)28-24-18/h4-12H,1-3H3,(H,21,25)(H,23,24,26). The third-order valence-corrected chi connectivity index (χ3v) is 3.57. The van der Waals surface area contributed by atoms with Crippen molar-refractivity contribution >= 4 is 23.3 Å². The maximum absolute atomic E-state index is 12.4. The quantitative estimate of drug-likeness (QED) is 0.676. The molecule has 0 saturated carbocycles. The molecule has 3 aromatic rings. The van der Waals surface area contributed by atoms with Crippen LogP contribution in [0.2, 0.25) is 0 Å². The van der Waals surface area contributed by atoms with E-state index in [4.69, 9.17) is 9.26 Å². The average molecular weight is 380 g/mol. The number of nitrogens with zero attached hydrogens (tertiary/aromatic N) is 2. The second-order valence-corrected chi connectivity index (χ2v) is 6.33. The zero-order valence-corrected chi connectivity index (χ0v) is 15.7. The van der Waals surface area contributed by atoms with E-state index >= 15 is 0 Å². The molecule has 0 unspecified atom stereocenters. The van der Waals surface area contributed by atoms with E-state index in [1.54, 1.807) is 43.3 Å². The highest BCUT2D eigenvalue weighted by atomic mass is 16.5. The summed E-state index contributed by atoms with van der Waals surface area (Å²) in [6, 6.07) is 13.2. The van der Waals surface area contributed by atoms with Crippen molar-refractivity contribution in [3.63, 3.8) is 0 Å². The number of anilines is 2. The number of carbonyl (C=O) groups is 2. The molecule has 28 heavy (non-hydrogen) atoms. The minimum atomic E-state index is -0.488. The van der Waals surface area contributed by atoms with Gasteiger partial charge < -0.3 is 19.9 Å². The third-order valence-electron chi connectivity index (χ3n) is 3.57. The number of amides is 2. The number of pyridine rings is 1. The van der Waals surface area contributed by atoms with E-state index in [0.29, 0.717) is 17.2 Å². The number of hydrogen-bond acceptors (Lipinski definition) is 6. The Bertz CT molecular complexity index is 980. The minimum absolute atomic E-state index is 0.0692. The van der Waals surface area contributed by atoms with Crippen LogP contribution >= 0.6 is 0 Å². The van der Waals surface area contributed by atoms with Gasteiger partial charge in [-0.2, -0.15) is 0 Å². The van der Waals surface area contributed by atoms with Gasteiger partial charge in [0.1, 0.15) is 22.9 Å². The van der Waals surface area contributed by atoms with Crippen LogP contribution in [0.25, 0.3) is 0 Å². The average Bonchev–Trinajstić information content (AvgIpc) is 3.07. The van der Waals surface area contributed by atoms with Crippen molar-refractivity contribution in [1.29, 1.82) is 0 Å². The Kier molecular flexibility index (Phi) is 5.69. The summed E-state index contributed by atoms with van der Waals surface area (Å²) in [7, 11) is 0. The molecule has 2 N–H and O–H groups in total. The van der Waals surface area contributed by atoms with Crippen molar-refractivity contribution in [3.05, 3.63) is 65.7 Å². The fourth-order valence-electron chi connectivity index (χ4n) is 2.38.